The molecule has 0 aliphatic carbocycles. The van der Waals surface area contributed by atoms with Gasteiger partial charge in [-0.2, -0.15) is 13.2 Å². The van der Waals surface area contributed by atoms with Crippen molar-refractivity contribution in [3.8, 4) is 0 Å². The van der Waals surface area contributed by atoms with Crippen LogP contribution in [0.2, 0.25) is 0 Å². The Morgan fingerprint density at radius 1 is 1.04 bits per heavy atom. The Morgan fingerprint density at radius 2 is 1.67 bits per heavy atom. The summed E-state index contributed by atoms with van der Waals surface area (Å²) in [7, 11) is 1.71. The van der Waals surface area contributed by atoms with E-state index in [0.717, 1.165) is 0 Å². The van der Waals surface area contributed by atoms with E-state index in [0.29, 0.717) is 16.5 Å². The van der Waals surface area contributed by atoms with E-state index >= 15 is 0 Å². The highest BCUT2D eigenvalue weighted by molar-refractivity contribution is 5.97. The number of carbonyl (C=O) groups is 1. The number of aryl methyl sites for hydroxylation is 1. The maximum absolute atomic E-state index is 13.7. The highest BCUT2D eigenvalue weighted by atomic mass is 19.4. The molecule has 0 aliphatic heterocycles. The number of Topliss-reactive ketones (excluding diaryl/α,β-unsaturated/α-hetero) is 1. The third-order valence-corrected chi connectivity index (χ3v) is 4.18. The minimum Gasteiger partial charge on any atom is -0.350 e. The van der Waals surface area contributed by atoms with Gasteiger partial charge in [-0.15, -0.1) is 0 Å². The third kappa shape index (κ3) is 3.07. The predicted octanol–water partition coefficient (Wildman–Crippen LogP) is 5.10. The van der Waals surface area contributed by atoms with E-state index in [1.165, 1.54) is 6.20 Å². The number of nitrogens with zero attached hydrogens (tertiary/aromatic N) is 1. The van der Waals surface area contributed by atoms with Crippen molar-refractivity contribution >= 4 is 16.7 Å². The van der Waals surface area contributed by atoms with Crippen LogP contribution in [0.15, 0.2) is 60.8 Å². The molecular weight excluding hydrogens is 315 g/mol. The summed E-state index contributed by atoms with van der Waals surface area (Å²) >= 11 is 0. The van der Waals surface area contributed by atoms with E-state index in [4.69, 9.17) is 0 Å². The van der Waals surface area contributed by atoms with Crippen LogP contribution in [0.4, 0.5) is 13.2 Å². The van der Waals surface area contributed by atoms with Crippen LogP contribution in [0.25, 0.3) is 10.9 Å². The maximum Gasteiger partial charge on any atom is 0.396 e. The van der Waals surface area contributed by atoms with Gasteiger partial charge in [-0.3, -0.25) is 4.79 Å². The quantitative estimate of drug-likeness (QED) is 0.610. The number of hydrogen-bond donors (Lipinski definition) is 0. The Bertz CT molecular complexity index is 865. The van der Waals surface area contributed by atoms with Crippen molar-refractivity contribution in [1.82, 2.24) is 4.57 Å². The molecule has 0 aliphatic rings. The zero-order chi connectivity index (χ0) is 17.3. The first-order chi connectivity index (χ1) is 11.4. The molecule has 0 fully saturated rings. The average molecular weight is 331 g/mol. The van der Waals surface area contributed by atoms with E-state index in [1.54, 1.807) is 66.2 Å². The van der Waals surface area contributed by atoms with Crippen LogP contribution in [-0.2, 0) is 7.05 Å². The monoisotopic (exact) mass is 331 g/mol. The Balaban J connectivity index is 2.03. The minimum atomic E-state index is -4.49. The van der Waals surface area contributed by atoms with E-state index in [9.17, 15) is 18.0 Å². The Labute approximate surface area is 137 Å². The first-order valence-corrected chi connectivity index (χ1v) is 7.57. The van der Waals surface area contributed by atoms with E-state index in [2.05, 4.69) is 0 Å². The summed E-state index contributed by atoms with van der Waals surface area (Å²) in [6.45, 7) is 0. The number of halogens is 3. The summed E-state index contributed by atoms with van der Waals surface area (Å²) in [5, 5.41) is 0.531. The Morgan fingerprint density at radius 3 is 2.33 bits per heavy atom. The highest BCUT2D eigenvalue weighted by Gasteiger charge is 2.43. The first kappa shape index (κ1) is 16.3. The molecule has 0 spiro atoms. The standard InChI is InChI=1S/C19H16F3NO/c1-23-12-15(14-9-5-6-10-17(14)23)16(19(20,21)22)11-18(24)13-7-3-2-4-8-13/h2-10,12,16H,11H2,1H3/t16-/m1/s1. The summed E-state index contributed by atoms with van der Waals surface area (Å²) in [4.78, 5) is 12.3. The summed E-state index contributed by atoms with van der Waals surface area (Å²) in [6, 6.07) is 15.0. The molecule has 0 amide bonds. The molecule has 3 aromatic rings. The number of carbonyl (C=O) groups excluding carboxylic acids is 1. The second-order valence-electron chi connectivity index (χ2n) is 5.80. The molecule has 0 N–H and O–H groups in total. The molecule has 3 rings (SSSR count). The molecule has 0 radical (unpaired) electrons. The minimum absolute atomic E-state index is 0.143. The fraction of sp³-hybridized carbons (Fsp3) is 0.211. The molecule has 0 unspecified atom stereocenters. The van der Waals surface area contributed by atoms with Crippen molar-refractivity contribution in [2.24, 2.45) is 7.05 Å². The Hall–Kier alpha value is -2.56. The first-order valence-electron chi connectivity index (χ1n) is 7.57. The molecule has 124 valence electrons. The number of ketones is 1. The van der Waals surface area contributed by atoms with Crippen molar-refractivity contribution in [3.05, 3.63) is 71.9 Å². The van der Waals surface area contributed by atoms with E-state index < -0.39 is 24.3 Å². The van der Waals surface area contributed by atoms with Gasteiger partial charge in [0, 0.05) is 36.1 Å². The lowest BCUT2D eigenvalue weighted by molar-refractivity contribution is -0.149. The van der Waals surface area contributed by atoms with Crippen LogP contribution in [0.1, 0.15) is 28.3 Å². The topological polar surface area (TPSA) is 22.0 Å². The number of benzene rings is 2. The SMILES string of the molecule is Cn1cc([C@@H](CC(=O)c2ccccc2)C(F)(F)F)c2ccccc21. The second kappa shape index (κ2) is 6.15. The highest BCUT2D eigenvalue weighted by Crippen LogP contribution is 2.41. The normalized spacial score (nSPS) is 13.2. The fourth-order valence-electron chi connectivity index (χ4n) is 2.98. The van der Waals surface area contributed by atoms with Crippen LogP contribution in [0.3, 0.4) is 0 Å². The molecule has 24 heavy (non-hydrogen) atoms. The van der Waals surface area contributed by atoms with Gasteiger partial charge in [-0.25, -0.2) is 0 Å². The van der Waals surface area contributed by atoms with Crippen LogP contribution in [0, 0.1) is 0 Å². The second-order valence-corrected chi connectivity index (χ2v) is 5.80. The molecule has 5 heteroatoms. The summed E-state index contributed by atoms with van der Waals surface area (Å²) in [5.41, 5.74) is 1.16. The van der Waals surface area contributed by atoms with Crippen LogP contribution in [-0.4, -0.2) is 16.5 Å². The summed E-state index contributed by atoms with van der Waals surface area (Å²) < 4.78 is 42.6. The van der Waals surface area contributed by atoms with Crippen molar-refractivity contribution in [3.63, 3.8) is 0 Å². The van der Waals surface area contributed by atoms with Gasteiger partial charge in [-0.1, -0.05) is 48.5 Å². The number of hydrogen-bond acceptors (Lipinski definition) is 1. The molecule has 1 atom stereocenters. The molecular formula is C19H16F3NO. The average Bonchev–Trinajstić information content (AvgIpc) is 2.89. The van der Waals surface area contributed by atoms with Gasteiger partial charge in [0.2, 0.25) is 0 Å². The van der Waals surface area contributed by atoms with Crippen molar-refractivity contribution in [2.45, 2.75) is 18.5 Å². The van der Waals surface area contributed by atoms with Crippen molar-refractivity contribution < 1.29 is 18.0 Å². The van der Waals surface area contributed by atoms with Crippen LogP contribution < -0.4 is 0 Å². The van der Waals surface area contributed by atoms with Crippen molar-refractivity contribution in [1.29, 1.82) is 0 Å². The molecule has 0 saturated carbocycles. The van der Waals surface area contributed by atoms with E-state index in [1.807, 2.05) is 0 Å². The van der Waals surface area contributed by atoms with Gasteiger partial charge in [0.15, 0.2) is 5.78 Å². The predicted molar refractivity (Wildman–Crippen MR) is 87.1 cm³/mol. The fourth-order valence-corrected chi connectivity index (χ4v) is 2.98. The summed E-state index contributed by atoms with van der Waals surface area (Å²) in [5.74, 6) is -2.33. The number of para-hydroxylation sites is 1. The summed E-state index contributed by atoms with van der Waals surface area (Å²) in [6.07, 6.45) is -3.61. The van der Waals surface area contributed by atoms with Gasteiger partial charge in [-0.05, 0) is 11.6 Å². The zero-order valence-corrected chi connectivity index (χ0v) is 13.0. The zero-order valence-electron chi connectivity index (χ0n) is 13.0. The molecule has 0 bridgehead atoms. The number of alkyl halides is 3. The third-order valence-electron chi connectivity index (χ3n) is 4.18. The number of rotatable bonds is 4. The van der Waals surface area contributed by atoms with Crippen LogP contribution in [0.5, 0.6) is 0 Å². The smallest absolute Gasteiger partial charge is 0.350 e. The molecule has 1 heterocycles. The molecule has 2 nitrogen and oxygen atoms in total. The maximum atomic E-state index is 13.7. The molecule has 0 saturated heterocycles. The largest absolute Gasteiger partial charge is 0.396 e. The Kier molecular flexibility index (Phi) is 4.18. The van der Waals surface area contributed by atoms with Gasteiger partial charge in [0.05, 0.1) is 5.92 Å². The molecule has 2 aromatic carbocycles. The van der Waals surface area contributed by atoms with Crippen molar-refractivity contribution in [2.75, 3.05) is 0 Å². The van der Waals surface area contributed by atoms with E-state index in [-0.39, 0.29) is 5.56 Å². The molecule has 1 aromatic heterocycles. The lowest BCUT2D eigenvalue weighted by Crippen LogP contribution is -2.23. The lowest BCUT2D eigenvalue weighted by Gasteiger charge is -2.19. The van der Waals surface area contributed by atoms with Crippen LogP contribution >= 0.6 is 0 Å². The van der Waals surface area contributed by atoms with Gasteiger partial charge in [0.25, 0.3) is 0 Å². The lowest BCUT2D eigenvalue weighted by atomic mass is 9.90. The van der Waals surface area contributed by atoms with Gasteiger partial charge < -0.3 is 4.57 Å². The van der Waals surface area contributed by atoms with Gasteiger partial charge >= 0.3 is 6.18 Å². The number of aromatic nitrogens is 1. The van der Waals surface area contributed by atoms with Gasteiger partial charge in [0.1, 0.15) is 0 Å². The number of fused-ring (bicyclic) bond motifs is 1.